The van der Waals surface area contributed by atoms with Crippen molar-refractivity contribution in [2.75, 3.05) is 18.0 Å². The number of anilines is 1. The zero-order valence-electron chi connectivity index (χ0n) is 12.6. The summed E-state index contributed by atoms with van der Waals surface area (Å²) in [5.74, 6) is 1.32. The molecule has 0 amide bonds. The van der Waals surface area contributed by atoms with Gasteiger partial charge in [-0.05, 0) is 19.4 Å². The molecule has 2 rings (SSSR count). The van der Waals surface area contributed by atoms with Crippen LogP contribution in [0.2, 0.25) is 0 Å². The van der Waals surface area contributed by atoms with Gasteiger partial charge in [-0.15, -0.1) is 0 Å². The standard InChI is InChI=1S/C16H22N4O/c1-13(2)21-16-11-18-10-15(19-16)20(9-8-17)12-14-6-4-3-5-7-14/h3-7,10-11,13H,8-9,12,17H2,1-2H3. The van der Waals surface area contributed by atoms with Crippen LogP contribution in [0, 0.1) is 0 Å². The van der Waals surface area contributed by atoms with Crippen LogP contribution in [0.25, 0.3) is 0 Å². The molecule has 21 heavy (non-hydrogen) atoms. The molecule has 0 saturated heterocycles. The number of nitrogens with two attached hydrogens (primary N) is 1. The van der Waals surface area contributed by atoms with E-state index >= 15 is 0 Å². The molecule has 1 heterocycles. The third-order valence-electron chi connectivity index (χ3n) is 2.90. The molecule has 0 spiro atoms. The minimum Gasteiger partial charge on any atom is -0.474 e. The zero-order valence-corrected chi connectivity index (χ0v) is 12.6. The topological polar surface area (TPSA) is 64.3 Å². The lowest BCUT2D eigenvalue weighted by Crippen LogP contribution is -2.30. The Labute approximate surface area is 125 Å². The molecule has 1 aromatic carbocycles. The first-order valence-electron chi connectivity index (χ1n) is 7.16. The van der Waals surface area contributed by atoms with Gasteiger partial charge in [-0.1, -0.05) is 30.3 Å². The molecule has 0 atom stereocenters. The van der Waals surface area contributed by atoms with Crippen LogP contribution in [0.3, 0.4) is 0 Å². The largest absolute Gasteiger partial charge is 0.474 e. The number of nitrogens with zero attached hydrogens (tertiary/aromatic N) is 3. The zero-order chi connectivity index (χ0) is 15.1. The van der Waals surface area contributed by atoms with E-state index in [1.165, 1.54) is 5.56 Å². The van der Waals surface area contributed by atoms with Gasteiger partial charge in [0.05, 0.1) is 18.5 Å². The SMILES string of the molecule is CC(C)Oc1cncc(N(CCN)Cc2ccccc2)n1. The Balaban J connectivity index is 2.17. The number of hydrogen-bond donors (Lipinski definition) is 1. The maximum Gasteiger partial charge on any atom is 0.234 e. The second-order valence-electron chi connectivity index (χ2n) is 5.08. The van der Waals surface area contributed by atoms with E-state index in [-0.39, 0.29) is 6.10 Å². The van der Waals surface area contributed by atoms with Crippen LogP contribution in [-0.4, -0.2) is 29.2 Å². The first kappa shape index (κ1) is 15.3. The van der Waals surface area contributed by atoms with Gasteiger partial charge in [0, 0.05) is 19.6 Å². The van der Waals surface area contributed by atoms with Crippen molar-refractivity contribution in [2.24, 2.45) is 5.73 Å². The molecule has 5 nitrogen and oxygen atoms in total. The summed E-state index contributed by atoms with van der Waals surface area (Å²) in [5.41, 5.74) is 6.93. The van der Waals surface area contributed by atoms with Crippen LogP contribution < -0.4 is 15.4 Å². The monoisotopic (exact) mass is 286 g/mol. The number of rotatable bonds is 7. The lowest BCUT2D eigenvalue weighted by atomic mass is 10.2. The van der Waals surface area contributed by atoms with Gasteiger partial charge in [0.2, 0.25) is 5.88 Å². The Hall–Kier alpha value is -2.14. The first-order chi connectivity index (χ1) is 10.2. The van der Waals surface area contributed by atoms with Crippen molar-refractivity contribution >= 4 is 5.82 Å². The average Bonchev–Trinajstić information content (AvgIpc) is 2.47. The quantitative estimate of drug-likeness (QED) is 0.845. The predicted octanol–water partition coefficient (Wildman–Crippen LogP) is 2.23. The van der Waals surface area contributed by atoms with Gasteiger partial charge < -0.3 is 15.4 Å². The molecule has 2 aromatic rings. The van der Waals surface area contributed by atoms with Gasteiger partial charge in [0.25, 0.3) is 0 Å². The molecule has 112 valence electrons. The molecular weight excluding hydrogens is 264 g/mol. The molecule has 0 aliphatic rings. The predicted molar refractivity (Wildman–Crippen MR) is 84.3 cm³/mol. The van der Waals surface area contributed by atoms with Crippen molar-refractivity contribution in [1.29, 1.82) is 0 Å². The number of aromatic nitrogens is 2. The van der Waals surface area contributed by atoms with Gasteiger partial charge in [-0.3, -0.25) is 4.98 Å². The van der Waals surface area contributed by atoms with Crippen molar-refractivity contribution in [2.45, 2.75) is 26.5 Å². The first-order valence-corrected chi connectivity index (χ1v) is 7.16. The molecular formula is C16H22N4O. The fourth-order valence-electron chi connectivity index (χ4n) is 2.02. The molecule has 0 radical (unpaired) electrons. The molecule has 1 aromatic heterocycles. The lowest BCUT2D eigenvalue weighted by Gasteiger charge is -2.23. The fraction of sp³-hybridized carbons (Fsp3) is 0.375. The Morgan fingerprint density at radius 2 is 1.95 bits per heavy atom. The Morgan fingerprint density at radius 3 is 2.62 bits per heavy atom. The van der Waals surface area contributed by atoms with Crippen LogP contribution in [0.5, 0.6) is 5.88 Å². The van der Waals surface area contributed by atoms with Crippen molar-refractivity contribution in [3.05, 3.63) is 48.3 Å². The highest BCUT2D eigenvalue weighted by Crippen LogP contribution is 2.17. The average molecular weight is 286 g/mol. The number of benzene rings is 1. The van der Waals surface area contributed by atoms with Gasteiger partial charge in [0.1, 0.15) is 0 Å². The highest BCUT2D eigenvalue weighted by atomic mass is 16.5. The van der Waals surface area contributed by atoms with Crippen LogP contribution >= 0.6 is 0 Å². The van der Waals surface area contributed by atoms with Gasteiger partial charge >= 0.3 is 0 Å². The molecule has 0 bridgehead atoms. The van der Waals surface area contributed by atoms with Crippen molar-refractivity contribution in [3.8, 4) is 5.88 Å². The smallest absolute Gasteiger partial charge is 0.234 e. The summed E-state index contributed by atoms with van der Waals surface area (Å²) in [5, 5.41) is 0. The van der Waals surface area contributed by atoms with Gasteiger partial charge in [-0.2, -0.15) is 4.98 Å². The molecule has 0 unspecified atom stereocenters. The maximum absolute atomic E-state index is 5.72. The lowest BCUT2D eigenvalue weighted by molar-refractivity contribution is 0.231. The van der Waals surface area contributed by atoms with Gasteiger partial charge in [0.15, 0.2) is 5.82 Å². The second kappa shape index (κ2) is 7.59. The molecule has 0 fully saturated rings. The van der Waals surface area contributed by atoms with Crippen molar-refractivity contribution in [3.63, 3.8) is 0 Å². The van der Waals surface area contributed by atoms with Crippen LogP contribution in [0.15, 0.2) is 42.7 Å². The molecule has 0 aliphatic carbocycles. The molecule has 0 aliphatic heterocycles. The number of ether oxygens (including phenoxy) is 1. The van der Waals surface area contributed by atoms with Gasteiger partial charge in [-0.25, -0.2) is 0 Å². The third-order valence-corrected chi connectivity index (χ3v) is 2.90. The van der Waals surface area contributed by atoms with Crippen LogP contribution in [0.1, 0.15) is 19.4 Å². The molecule has 2 N–H and O–H groups in total. The van der Waals surface area contributed by atoms with E-state index in [0.717, 1.165) is 12.4 Å². The van der Waals surface area contributed by atoms with Crippen molar-refractivity contribution < 1.29 is 4.74 Å². The Morgan fingerprint density at radius 1 is 1.19 bits per heavy atom. The van der Waals surface area contributed by atoms with E-state index in [9.17, 15) is 0 Å². The van der Waals surface area contributed by atoms with E-state index in [1.54, 1.807) is 12.4 Å². The summed E-state index contributed by atoms with van der Waals surface area (Å²) in [6, 6.07) is 10.2. The highest BCUT2D eigenvalue weighted by Gasteiger charge is 2.10. The fourth-order valence-corrected chi connectivity index (χ4v) is 2.02. The summed E-state index contributed by atoms with van der Waals surface area (Å²) in [4.78, 5) is 10.8. The van der Waals surface area contributed by atoms with E-state index in [1.807, 2.05) is 32.0 Å². The van der Waals surface area contributed by atoms with Crippen molar-refractivity contribution in [1.82, 2.24) is 9.97 Å². The highest BCUT2D eigenvalue weighted by molar-refractivity contribution is 5.39. The maximum atomic E-state index is 5.72. The van der Waals surface area contributed by atoms with E-state index in [0.29, 0.717) is 19.0 Å². The van der Waals surface area contributed by atoms with Crippen LogP contribution in [0.4, 0.5) is 5.82 Å². The Bertz CT molecular complexity index is 545. The summed E-state index contributed by atoms with van der Waals surface area (Å²) < 4.78 is 5.60. The Kier molecular flexibility index (Phi) is 5.51. The summed E-state index contributed by atoms with van der Waals surface area (Å²) in [6.07, 6.45) is 3.45. The van der Waals surface area contributed by atoms with E-state index < -0.39 is 0 Å². The summed E-state index contributed by atoms with van der Waals surface area (Å²) in [7, 11) is 0. The minimum absolute atomic E-state index is 0.0756. The van der Waals surface area contributed by atoms with Crippen LogP contribution in [-0.2, 0) is 6.54 Å². The summed E-state index contributed by atoms with van der Waals surface area (Å²) >= 11 is 0. The summed E-state index contributed by atoms with van der Waals surface area (Å²) in [6.45, 7) is 5.96. The molecule has 0 saturated carbocycles. The number of hydrogen-bond acceptors (Lipinski definition) is 5. The normalized spacial score (nSPS) is 10.7. The second-order valence-corrected chi connectivity index (χ2v) is 5.08. The van der Waals surface area contributed by atoms with E-state index in [4.69, 9.17) is 10.5 Å². The minimum atomic E-state index is 0.0756. The third kappa shape index (κ3) is 4.72. The molecule has 5 heteroatoms. The van der Waals surface area contributed by atoms with E-state index in [2.05, 4.69) is 27.0 Å².